The average Bonchev–Trinajstić information content (AvgIpc) is 3.16. The van der Waals surface area contributed by atoms with E-state index in [0.29, 0.717) is 22.7 Å². The van der Waals surface area contributed by atoms with Crippen molar-refractivity contribution in [2.75, 3.05) is 5.75 Å². The number of hydrogen-bond acceptors (Lipinski definition) is 4. The Bertz CT molecular complexity index is 1030. The number of thioether (sulfide) groups is 1. The molecule has 0 fully saturated rings. The molecule has 0 aliphatic carbocycles. The topological polar surface area (TPSA) is 79.8 Å². The number of fused-ring (bicyclic) bond motifs is 1. The largest absolute Gasteiger partial charge is 0.355 e. The molecule has 7 heteroatoms. The van der Waals surface area contributed by atoms with Crippen LogP contribution in [0, 0.1) is 0 Å². The number of H-pyrrole nitrogens is 1. The SMILES string of the molecule is CCCCn1c(SCC(=O)NC(C)CC)nc2c(-c3ccccc3)c[nH]c2c1=O. The van der Waals surface area contributed by atoms with Crippen molar-refractivity contribution >= 4 is 28.7 Å². The first kappa shape index (κ1) is 21.2. The second-order valence-corrected chi connectivity index (χ2v) is 8.10. The predicted octanol–water partition coefficient (Wildman–Crippen LogP) is 4.20. The van der Waals surface area contributed by atoms with Crippen molar-refractivity contribution in [1.82, 2.24) is 19.9 Å². The Kier molecular flexibility index (Phi) is 7.14. The molecule has 154 valence electrons. The van der Waals surface area contributed by atoms with Crippen molar-refractivity contribution < 1.29 is 4.79 Å². The van der Waals surface area contributed by atoms with Gasteiger partial charge in [-0.2, -0.15) is 0 Å². The lowest BCUT2D eigenvalue weighted by molar-refractivity contribution is -0.119. The minimum Gasteiger partial charge on any atom is -0.355 e. The van der Waals surface area contributed by atoms with Gasteiger partial charge >= 0.3 is 0 Å². The van der Waals surface area contributed by atoms with Crippen molar-refractivity contribution in [1.29, 1.82) is 0 Å². The lowest BCUT2D eigenvalue weighted by atomic mass is 10.1. The van der Waals surface area contributed by atoms with E-state index in [9.17, 15) is 9.59 Å². The molecular formula is C22H28N4O2S. The molecule has 2 heterocycles. The number of carbonyl (C=O) groups excluding carboxylic acids is 1. The van der Waals surface area contributed by atoms with Crippen molar-refractivity contribution in [3.8, 4) is 11.1 Å². The summed E-state index contributed by atoms with van der Waals surface area (Å²) in [4.78, 5) is 33.3. The fraction of sp³-hybridized carbons (Fsp3) is 0.409. The molecule has 1 amide bonds. The number of nitrogens with zero attached hydrogens (tertiary/aromatic N) is 2. The molecule has 29 heavy (non-hydrogen) atoms. The van der Waals surface area contributed by atoms with E-state index in [1.807, 2.05) is 50.4 Å². The fourth-order valence-electron chi connectivity index (χ4n) is 3.08. The number of amides is 1. The standard InChI is InChI=1S/C22H28N4O2S/c1-4-6-12-26-21(28)20-19(17(13-23-20)16-10-8-7-9-11-16)25-22(26)29-14-18(27)24-15(3)5-2/h7-11,13,15,23H,4-6,12,14H2,1-3H3,(H,24,27). The van der Waals surface area contributed by atoms with E-state index in [-0.39, 0.29) is 23.3 Å². The zero-order valence-electron chi connectivity index (χ0n) is 17.2. The third-order valence-electron chi connectivity index (χ3n) is 4.92. The zero-order valence-corrected chi connectivity index (χ0v) is 18.0. The Labute approximate surface area is 175 Å². The van der Waals surface area contributed by atoms with Crippen LogP contribution in [0.4, 0.5) is 0 Å². The van der Waals surface area contributed by atoms with Gasteiger partial charge in [-0.25, -0.2) is 4.98 Å². The number of carbonyl (C=O) groups is 1. The quantitative estimate of drug-likeness (QED) is 0.408. The van der Waals surface area contributed by atoms with Crippen molar-refractivity contribution in [3.63, 3.8) is 0 Å². The molecule has 1 aromatic carbocycles. The Morgan fingerprint density at radius 2 is 2.03 bits per heavy atom. The number of benzene rings is 1. The second-order valence-electron chi connectivity index (χ2n) is 7.16. The maximum Gasteiger partial charge on any atom is 0.278 e. The summed E-state index contributed by atoms with van der Waals surface area (Å²) in [7, 11) is 0. The van der Waals surface area contributed by atoms with Gasteiger partial charge in [-0.15, -0.1) is 0 Å². The predicted molar refractivity (Wildman–Crippen MR) is 119 cm³/mol. The van der Waals surface area contributed by atoms with E-state index < -0.39 is 0 Å². The Morgan fingerprint density at radius 1 is 1.28 bits per heavy atom. The smallest absolute Gasteiger partial charge is 0.278 e. The van der Waals surface area contributed by atoms with Crippen LogP contribution in [0.1, 0.15) is 40.0 Å². The number of rotatable bonds is 9. The van der Waals surface area contributed by atoms with Gasteiger partial charge in [0.1, 0.15) is 11.0 Å². The van der Waals surface area contributed by atoms with Gasteiger partial charge in [0.2, 0.25) is 5.91 Å². The molecule has 0 spiro atoms. The molecule has 0 radical (unpaired) electrons. The number of hydrogen-bond donors (Lipinski definition) is 2. The molecule has 0 aliphatic rings. The maximum atomic E-state index is 13.1. The van der Waals surface area contributed by atoms with E-state index in [0.717, 1.165) is 30.4 Å². The highest BCUT2D eigenvalue weighted by atomic mass is 32.2. The summed E-state index contributed by atoms with van der Waals surface area (Å²) in [5.41, 5.74) is 2.97. The van der Waals surface area contributed by atoms with Crippen LogP contribution >= 0.6 is 11.8 Å². The van der Waals surface area contributed by atoms with Gasteiger partial charge in [-0.1, -0.05) is 62.4 Å². The first-order valence-corrected chi connectivity index (χ1v) is 11.1. The molecule has 1 unspecified atom stereocenters. The minimum absolute atomic E-state index is 0.0434. The monoisotopic (exact) mass is 412 g/mol. The van der Waals surface area contributed by atoms with E-state index in [2.05, 4.69) is 17.2 Å². The molecule has 0 bridgehead atoms. The summed E-state index contributed by atoms with van der Waals surface area (Å²) in [5, 5.41) is 3.56. The number of nitrogens with one attached hydrogen (secondary N) is 2. The number of aromatic amines is 1. The minimum atomic E-state index is -0.0875. The highest BCUT2D eigenvalue weighted by molar-refractivity contribution is 7.99. The van der Waals surface area contributed by atoms with Crippen LogP contribution in [0.25, 0.3) is 22.2 Å². The normalized spacial score (nSPS) is 12.2. The molecule has 0 aliphatic heterocycles. The summed E-state index contributed by atoms with van der Waals surface area (Å²) in [6.45, 7) is 6.70. The van der Waals surface area contributed by atoms with Crippen LogP contribution in [0.3, 0.4) is 0 Å². The second kappa shape index (κ2) is 9.78. The number of aromatic nitrogens is 3. The highest BCUT2D eigenvalue weighted by Gasteiger charge is 2.17. The molecule has 1 atom stereocenters. The van der Waals surface area contributed by atoms with Gasteiger partial charge in [0, 0.05) is 24.3 Å². The van der Waals surface area contributed by atoms with E-state index >= 15 is 0 Å². The average molecular weight is 413 g/mol. The molecule has 0 saturated heterocycles. The first-order chi connectivity index (χ1) is 14.0. The van der Waals surface area contributed by atoms with E-state index in [4.69, 9.17) is 4.98 Å². The van der Waals surface area contributed by atoms with Gasteiger partial charge in [0.05, 0.1) is 5.75 Å². The summed E-state index contributed by atoms with van der Waals surface area (Å²) < 4.78 is 1.69. The molecule has 0 saturated carbocycles. The fourth-order valence-corrected chi connectivity index (χ4v) is 3.91. The van der Waals surface area contributed by atoms with Gasteiger partial charge in [0.15, 0.2) is 5.16 Å². The molecule has 3 aromatic rings. The van der Waals surface area contributed by atoms with Gasteiger partial charge in [-0.05, 0) is 25.3 Å². The maximum absolute atomic E-state index is 13.1. The van der Waals surface area contributed by atoms with Crippen LogP contribution in [-0.4, -0.2) is 32.2 Å². The Morgan fingerprint density at radius 3 is 2.72 bits per heavy atom. The highest BCUT2D eigenvalue weighted by Crippen LogP contribution is 2.27. The van der Waals surface area contributed by atoms with Gasteiger partial charge < -0.3 is 10.3 Å². The van der Waals surface area contributed by atoms with E-state index in [1.165, 1.54) is 11.8 Å². The Hall–Kier alpha value is -2.54. The van der Waals surface area contributed by atoms with Crippen molar-refractivity contribution in [2.24, 2.45) is 0 Å². The number of unbranched alkanes of at least 4 members (excludes halogenated alkanes) is 1. The molecular weight excluding hydrogens is 384 g/mol. The summed E-state index contributed by atoms with van der Waals surface area (Å²) >= 11 is 1.32. The summed E-state index contributed by atoms with van der Waals surface area (Å²) in [5.74, 6) is 0.192. The Balaban J connectivity index is 1.99. The lowest BCUT2D eigenvalue weighted by Crippen LogP contribution is -2.33. The summed E-state index contributed by atoms with van der Waals surface area (Å²) in [6, 6.07) is 10.0. The van der Waals surface area contributed by atoms with Gasteiger partial charge in [0.25, 0.3) is 5.56 Å². The van der Waals surface area contributed by atoms with Crippen LogP contribution in [0.2, 0.25) is 0 Å². The molecule has 6 nitrogen and oxygen atoms in total. The molecule has 2 N–H and O–H groups in total. The third kappa shape index (κ3) is 4.90. The lowest BCUT2D eigenvalue weighted by Gasteiger charge is -2.13. The van der Waals surface area contributed by atoms with Crippen molar-refractivity contribution in [2.45, 2.75) is 57.8 Å². The molecule has 3 rings (SSSR count). The first-order valence-electron chi connectivity index (χ1n) is 10.1. The van der Waals surface area contributed by atoms with Crippen LogP contribution in [0.5, 0.6) is 0 Å². The van der Waals surface area contributed by atoms with Gasteiger partial charge in [-0.3, -0.25) is 14.2 Å². The van der Waals surface area contributed by atoms with Crippen LogP contribution < -0.4 is 10.9 Å². The molecule has 2 aromatic heterocycles. The zero-order chi connectivity index (χ0) is 20.8. The van der Waals surface area contributed by atoms with E-state index in [1.54, 1.807) is 4.57 Å². The van der Waals surface area contributed by atoms with Crippen molar-refractivity contribution in [3.05, 3.63) is 46.9 Å². The van der Waals surface area contributed by atoms with Crippen LogP contribution in [0.15, 0.2) is 46.5 Å². The van der Waals surface area contributed by atoms with Crippen LogP contribution in [-0.2, 0) is 11.3 Å². The third-order valence-corrected chi connectivity index (χ3v) is 5.90. The summed E-state index contributed by atoms with van der Waals surface area (Å²) in [6.07, 6.45) is 4.57.